The zero-order valence-electron chi connectivity index (χ0n) is 10.5. The van der Waals surface area contributed by atoms with E-state index in [2.05, 4.69) is 0 Å². The average molecular weight is 262 g/mol. The molecule has 2 aromatic carbocycles. The largest absolute Gasteiger partial charge is 0.493 e. The van der Waals surface area contributed by atoms with E-state index in [9.17, 15) is 9.50 Å². The van der Waals surface area contributed by atoms with Crippen LogP contribution in [0.15, 0.2) is 48.5 Å². The van der Waals surface area contributed by atoms with Gasteiger partial charge in [0.05, 0.1) is 7.11 Å². The number of hydrogen-bond donors (Lipinski definition) is 1. The molecule has 0 bridgehead atoms. The Bertz CT molecular complexity index is 525. The third-order valence-electron chi connectivity index (χ3n) is 2.72. The van der Waals surface area contributed by atoms with Gasteiger partial charge in [-0.25, -0.2) is 4.39 Å². The van der Waals surface area contributed by atoms with Crippen molar-refractivity contribution in [2.24, 2.45) is 0 Å². The lowest BCUT2D eigenvalue weighted by molar-refractivity contribution is 0.106. The highest BCUT2D eigenvalue weighted by molar-refractivity contribution is 5.39. The number of halogens is 1. The number of methoxy groups -OCH3 is 1. The Kier molecular flexibility index (Phi) is 4.36. The zero-order valence-corrected chi connectivity index (χ0v) is 10.5. The van der Waals surface area contributed by atoms with Crippen LogP contribution in [0, 0.1) is 5.82 Å². The summed E-state index contributed by atoms with van der Waals surface area (Å²) >= 11 is 0. The molecule has 100 valence electrons. The van der Waals surface area contributed by atoms with Crippen LogP contribution in [0.2, 0.25) is 0 Å². The molecule has 1 N–H and O–H groups in total. The quantitative estimate of drug-likeness (QED) is 0.900. The van der Waals surface area contributed by atoms with Crippen LogP contribution in [0.1, 0.15) is 11.7 Å². The zero-order chi connectivity index (χ0) is 13.7. The van der Waals surface area contributed by atoms with Gasteiger partial charge < -0.3 is 14.6 Å². The Morgan fingerprint density at radius 3 is 2.32 bits per heavy atom. The van der Waals surface area contributed by atoms with Crippen molar-refractivity contribution in [1.29, 1.82) is 0 Å². The molecule has 1 atom stereocenters. The maximum atomic E-state index is 12.8. The maximum Gasteiger partial charge on any atom is 0.161 e. The molecule has 2 aromatic rings. The molecule has 4 heteroatoms. The third-order valence-corrected chi connectivity index (χ3v) is 2.72. The second kappa shape index (κ2) is 6.20. The Morgan fingerprint density at radius 2 is 1.68 bits per heavy atom. The van der Waals surface area contributed by atoms with E-state index in [-0.39, 0.29) is 12.4 Å². The van der Waals surface area contributed by atoms with E-state index in [1.54, 1.807) is 19.2 Å². The van der Waals surface area contributed by atoms with Gasteiger partial charge in [0.2, 0.25) is 0 Å². The standard InChI is InChI=1S/C15H15FO3/c1-18-14-4-2-3-5-15(14)19-10-13(17)11-6-8-12(16)9-7-11/h2-9,13,17H,10H2,1H3. The van der Waals surface area contributed by atoms with Crippen molar-refractivity contribution in [1.82, 2.24) is 0 Å². The summed E-state index contributed by atoms with van der Waals surface area (Å²) in [6, 6.07) is 12.9. The van der Waals surface area contributed by atoms with E-state index < -0.39 is 6.10 Å². The highest BCUT2D eigenvalue weighted by Gasteiger charge is 2.10. The topological polar surface area (TPSA) is 38.7 Å². The molecule has 0 radical (unpaired) electrons. The molecule has 0 saturated carbocycles. The molecule has 3 nitrogen and oxygen atoms in total. The molecule has 0 aliphatic carbocycles. The van der Waals surface area contributed by atoms with Crippen LogP contribution in [0.4, 0.5) is 4.39 Å². The molecule has 0 saturated heterocycles. The van der Waals surface area contributed by atoms with Crippen LogP contribution < -0.4 is 9.47 Å². The van der Waals surface area contributed by atoms with Crippen molar-refractivity contribution in [3.8, 4) is 11.5 Å². The summed E-state index contributed by atoms with van der Waals surface area (Å²) in [5, 5.41) is 9.95. The van der Waals surface area contributed by atoms with E-state index in [1.807, 2.05) is 12.1 Å². The van der Waals surface area contributed by atoms with Gasteiger partial charge in [0.25, 0.3) is 0 Å². The summed E-state index contributed by atoms with van der Waals surface area (Å²) in [5.74, 6) is 0.835. The number of aliphatic hydroxyl groups excluding tert-OH is 1. The highest BCUT2D eigenvalue weighted by Crippen LogP contribution is 2.27. The number of rotatable bonds is 5. The minimum absolute atomic E-state index is 0.0754. The van der Waals surface area contributed by atoms with Crippen molar-refractivity contribution in [3.63, 3.8) is 0 Å². The summed E-state index contributed by atoms with van der Waals surface area (Å²) in [5.41, 5.74) is 0.608. The molecule has 0 heterocycles. The van der Waals surface area contributed by atoms with Gasteiger partial charge in [0.15, 0.2) is 11.5 Å². The van der Waals surface area contributed by atoms with Crippen LogP contribution in [-0.4, -0.2) is 18.8 Å². The Labute approximate surface area is 111 Å². The van der Waals surface area contributed by atoms with Gasteiger partial charge in [-0.3, -0.25) is 0 Å². The summed E-state index contributed by atoms with van der Waals surface area (Å²) in [6.45, 7) is 0.0754. The van der Waals surface area contributed by atoms with Gasteiger partial charge in [-0.15, -0.1) is 0 Å². The summed E-state index contributed by atoms with van der Waals surface area (Å²) in [7, 11) is 1.55. The van der Waals surface area contributed by atoms with Crippen LogP contribution in [0.3, 0.4) is 0 Å². The Morgan fingerprint density at radius 1 is 1.05 bits per heavy atom. The highest BCUT2D eigenvalue weighted by atomic mass is 19.1. The fourth-order valence-corrected chi connectivity index (χ4v) is 1.69. The lowest BCUT2D eigenvalue weighted by Crippen LogP contribution is -2.10. The molecule has 0 aromatic heterocycles. The van der Waals surface area contributed by atoms with Crippen LogP contribution in [0.5, 0.6) is 11.5 Å². The van der Waals surface area contributed by atoms with E-state index in [0.29, 0.717) is 17.1 Å². The molecule has 0 amide bonds. The summed E-state index contributed by atoms with van der Waals surface area (Å²) in [4.78, 5) is 0. The second-order valence-electron chi connectivity index (χ2n) is 4.03. The molecule has 2 rings (SSSR count). The van der Waals surface area contributed by atoms with Crippen molar-refractivity contribution < 1.29 is 19.0 Å². The van der Waals surface area contributed by atoms with Gasteiger partial charge in [-0.1, -0.05) is 24.3 Å². The molecular formula is C15H15FO3. The van der Waals surface area contributed by atoms with Crippen LogP contribution in [0.25, 0.3) is 0 Å². The third kappa shape index (κ3) is 3.45. The normalized spacial score (nSPS) is 11.9. The van der Waals surface area contributed by atoms with Crippen molar-refractivity contribution in [2.45, 2.75) is 6.10 Å². The number of ether oxygens (including phenoxy) is 2. The second-order valence-corrected chi connectivity index (χ2v) is 4.03. The van der Waals surface area contributed by atoms with Crippen LogP contribution in [-0.2, 0) is 0 Å². The molecule has 0 fully saturated rings. The fraction of sp³-hybridized carbons (Fsp3) is 0.200. The SMILES string of the molecule is COc1ccccc1OCC(O)c1ccc(F)cc1. The van der Waals surface area contributed by atoms with Gasteiger partial charge >= 0.3 is 0 Å². The smallest absolute Gasteiger partial charge is 0.161 e. The minimum Gasteiger partial charge on any atom is -0.493 e. The van der Waals surface area contributed by atoms with Crippen molar-refractivity contribution >= 4 is 0 Å². The van der Waals surface area contributed by atoms with Crippen molar-refractivity contribution in [2.75, 3.05) is 13.7 Å². The molecular weight excluding hydrogens is 247 g/mol. The van der Waals surface area contributed by atoms with E-state index in [4.69, 9.17) is 9.47 Å². The molecule has 19 heavy (non-hydrogen) atoms. The predicted molar refractivity (Wildman–Crippen MR) is 69.8 cm³/mol. The summed E-state index contributed by atoms with van der Waals surface area (Å²) < 4.78 is 23.4. The molecule has 1 unspecified atom stereocenters. The van der Waals surface area contributed by atoms with Crippen LogP contribution >= 0.6 is 0 Å². The summed E-state index contributed by atoms with van der Waals surface area (Å²) in [6.07, 6.45) is -0.814. The Balaban J connectivity index is 2.00. The average Bonchev–Trinajstić information content (AvgIpc) is 2.45. The Hall–Kier alpha value is -2.07. The van der Waals surface area contributed by atoms with Gasteiger partial charge in [-0.2, -0.15) is 0 Å². The van der Waals surface area contributed by atoms with Gasteiger partial charge in [-0.05, 0) is 29.8 Å². The fourth-order valence-electron chi connectivity index (χ4n) is 1.69. The van der Waals surface area contributed by atoms with Gasteiger partial charge in [0.1, 0.15) is 18.5 Å². The molecule has 0 spiro atoms. The maximum absolute atomic E-state index is 12.8. The number of para-hydroxylation sites is 2. The number of benzene rings is 2. The lowest BCUT2D eigenvalue weighted by atomic mass is 10.1. The number of aliphatic hydroxyl groups is 1. The first-order chi connectivity index (χ1) is 9.20. The van der Waals surface area contributed by atoms with Crippen molar-refractivity contribution in [3.05, 3.63) is 59.9 Å². The first kappa shape index (κ1) is 13.4. The number of hydrogen-bond acceptors (Lipinski definition) is 3. The lowest BCUT2D eigenvalue weighted by Gasteiger charge is -2.14. The van der Waals surface area contributed by atoms with Gasteiger partial charge in [0, 0.05) is 0 Å². The first-order valence-electron chi connectivity index (χ1n) is 5.90. The van der Waals surface area contributed by atoms with E-state index in [0.717, 1.165) is 0 Å². The molecule has 0 aliphatic rings. The van der Waals surface area contributed by atoms with E-state index >= 15 is 0 Å². The predicted octanol–water partition coefficient (Wildman–Crippen LogP) is 2.95. The molecule has 0 aliphatic heterocycles. The monoisotopic (exact) mass is 262 g/mol. The van der Waals surface area contributed by atoms with E-state index in [1.165, 1.54) is 24.3 Å². The first-order valence-corrected chi connectivity index (χ1v) is 5.90. The minimum atomic E-state index is -0.814.